The SMILES string of the molecule is CCC.CCC.Cc1cc(C(C)(C)c2cc(C)c(O)c(C)c2)cc(C)c1O.Cc1cc(C(C)C)cc(C)c1O.Cc1cc(C(C)C)cc(C)c1O. The van der Waals surface area contributed by atoms with Gasteiger partial charge in [0, 0.05) is 5.41 Å². The monoisotopic (exact) mass is 701 g/mol. The molecule has 0 bridgehead atoms. The molecule has 0 saturated carbocycles. The van der Waals surface area contributed by atoms with E-state index in [9.17, 15) is 20.4 Å². The molecular weight excluding hydrogens is 629 g/mol. The summed E-state index contributed by atoms with van der Waals surface area (Å²) >= 11 is 0. The predicted octanol–water partition coefficient (Wildman–Crippen LogP) is 13.8. The van der Waals surface area contributed by atoms with Crippen LogP contribution in [0.5, 0.6) is 23.0 Å². The largest absolute Gasteiger partial charge is 0.507 e. The van der Waals surface area contributed by atoms with Crippen molar-refractivity contribution in [2.75, 3.05) is 0 Å². The van der Waals surface area contributed by atoms with Gasteiger partial charge in [-0.1, -0.05) is 131 Å². The number of benzene rings is 4. The van der Waals surface area contributed by atoms with Gasteiger partial charge in [0.05, 0.1) is 0 Å². The molecule has 0 aliphatic heterocycles. The smallest absolute Gasteiger partial charge is 0.121 e. The molecule has 284 valence electrons. The molecule has 4 rings (SSSR count). The van der Waals surface area contributed by atoms with Crippen molar-refractivity contribution in [1.29, 1.82) is 0 Å². The number of phenolic OH excluding ortho intramolecular Hbond substituents is 4. The molecule has 0 aromatic heterocycles. The summed E-state index contributed by atoms with van der Waals surface area (Å²) in [6.45, 7) is 36.9. The number of aryl methyl sites for hydroxylation is 8. The van der Waals surface area contributed by atoms with E-state index in [4.69, 9.17) is 0 Å². The molecule has 4 aromatic rings. The minimum absolute atomic E-state index is 0.188. The van der Waals surface area contributed by atoms with Crippen LogP contribution in [0, 0.1) is 55.4 Å². The minimum Gasteiger partial charge on any atom is -0.507 e. The molecular formula is C47H72O4. The van der Waals surface area contributed by atoms with Crippen LogP contribution in [0.25, 0.3) is 0 Å². The third-order valence-electron chi connectivity index (χ3n) is 8.79. The van der Waals surface area contributed by atoms with Gasteiger partial charge in [-0.25, -0.2) is 0 Å². The maximum absolute atomic E-state index is 9.96. The summed E-state index contributed by atoms with van der Waals surface area (Å²) in [5.74, 6) is 2.66. The van der Waals surface area contributed by atoms with Crippen LogP contribution in [0.2, 0.25) is 0 Å². The average Bonchev–Trinajstić information content (AvgIpc) is 3.04. The van der Waals surface area contributed by atoms with Gasteiger partial charge in [0.25, 0.3) is 0 Å². The van der Waals surface area contributed by atoms with Crippen LogP contribution >= 0.6 is 0 Å². The van der Waals surface area contributed by atoms with Crippen molar-refractivity contribution in [3.05, 3.63) is 115 Å². The summed E-state index contributed by atoms with van der Waals surface area (Å²) in [6.07, 6.45) is 2.50. The summed E-state index contributed by atoms with van der Waals surface area (Å²) in [6, 6.07) is 16.4. The molecule has 0 saturated heterocycles. The number of aromatic hydroxyl groups is 4. The zero-order valence-electron chi connectivity index (χ0n) is 35.5. The van der Waals surface area contributed by atoms with E-state index in [-0.39, 0.29) is 5.41 Å². The van der Waals surface area contributed by atoms with Crippen LogP contribution < -0.4 is 0 Å². The van der Waals surface area contributed by atoms with E-state index in [0.29, 0.717) is 34.8 Å². The summed E-state index contributed by atoms with van der Waals surface area (Å²) in [5, 5.41) is 38.9. The second-order valence-electron chi connectivity index (χ2n) is 15.3. The molecule has 4 aromatic carbocycles. The van der Waals surface area contributed by atoms with E-state index in [1.807, 2.05) is 104 Å². The van der Waals surface area contributed by atoms with Crippen molar-refractivity contribution in [1.82, 2.24) is 0 Å². The van der Waals surface area contributed by atoms with E-state index in [1.165, 1.54) is 35.1 Å². The summed E-state index contributed by atoms with van der Waals surface area (Å²) in [4.78, 5) is 0. The molecule has 51 heavy (non-hydrogen) atoms. The van der Waals surface area contributed by atoms with Gasteiger partial charge in [0.15, 0.2) is 0 Å². The van der Waals surface area contributed by atoms with Gasteiger partial charge in [-0.15, -0.1) is 0 Å². The van der Waals surface area contributed by atoms with E-state index in [2.05, 4.69) is 69.2 Å². The van der Waals surface area contributed by atoms with Crippen LogP contribution in [0.4, 0.5) is 0 Å². The highest BCUT2D eigenvalue weighted by Gasteiger charge is 2.25. The van der Waals surface area contributed by atoms with Crippen LogP contribution in [-0.2, 0) is 5.41 Å². The molecule has 0 aliphatic carbocycles. The Bertz CT molecular complexity index is 1460. The molecule has 0 radical (unpaired) electrons. The first-order valence-corrected chi connectivity index (χ1v) is 18.7. The van der Waals surface area contributed by atoms with Gasteiger partial charge < -0.3 is 20.4 Å². The molecule has 0 fully saturated rings. The van der Waals surface area contributed by atoms with Crippen molar-refractivity contribution in [3.63, 3.8) is 0 Å². The van der Waals surface area contributed by atoms with Crippen molar-refractivity contribution >= 4 is 0 Å². The number of hydrogen-bond donors (Lipinski definition) is 4. The molecule has 4 heteroatoms. The number of phenols is 4. The van der Waals surface area contributed by atoms with Crippen molar-refractivity contribution in [3.8, 4) is 23.0 Å². The fourth-order valence-electron chi connectivity index (χ4n) is 5.45. The maximum Gasteiger partial charge on any atom is 0.121 e. The van der Waals surface area contributed by atoms with Crippen molar-refractivity contribution in [2.45, 2.75) is 155 Å². The maximum atomic E-state index is 9.96. The second kappa shape index (κ2) is 21.4. The fourth-order valence-corrected chi connectivity index (χ4v) is 5.45. The van der Waals surface area contributed by atoms with Crippen molar-refractivity contribution in [2.24, 2.45) is 0 Å². The predicted molar refractivity (Wildman–Crippen MR) is 223 cm³/mol. The van der Waals surface area contributed by atoms with Crippen LogP contribution in [0.15, 0.2) is 48.5 Å². The van der Waals surface area contributed by atoms with Crippen LogP contribution in [-0.4, -0.2) is 20.4 Å². The molecule has 0 aliphatic rings. The zero-order chi connectivity index (χ0) is 40.0. The first kappa shape index (κ1) is 47.1. The van der Waals surface area contributed by atoms with Gasteiger partial charge in [-0.3, -0.25) is 0 Å². The Morgan fingerprint density at radius 2 is 0.549 bits per heavy atom. The fraction of sp³-hybridized carbons (Fsp3) is 0.489. The molecule has 0 amide bonds. The third-order valence-corrected chi connectivity index (χ3v) is 8.79. The van der Waals surface area contributed by atoms with E-state index < -0.39 is 0 Å². The van der Waals surface area contributed by atoms with Gasteiger partial charge in [0.2, 0.25) is 0 Å². The van der Waals surface area contributed by atoms with E-state index >= 15 is 0 Å². The van der Waals surface area contributed by atoms with E-state index in [1.54, 1.807) is 0 Å². The Labute approximate surface area is 312 Å². The average molecular weight is 701 g/mol. The molecule has 0 unspecified atom stereocenters. The standard InChI is InChI=1S/C19H24O2.2C11H16O.2C3H8/c1-11-7-15(8-12(2)17(11)20)19(5,6)16-9-13(3)18(21)14(4)10-16;2*1-7(2)10-5-8(3)11(12)9(4)6-10;2*1-3-2/h7-10,20-21H,1-6H3;2*5-7,12H,1-4H3;2*3H2,1-2H3. The second-order valence-corrected chi connectivity index (χ2v) is 15.3. The Morgan fingerprint density at radius 3 is 0.706 bits per heavy atom. The van der Waals surface area contributed by atoms with Crippen LogP contribution in [0.3, 0.4) is 0 Å². The first-order chi connectivity index (χ1) is 23.5. The van der Waals surface area contributed by atoms with Crippen LogP contribution in [0.1, 0.15) is 161 Å². The Morgan fingerprint density at radius 1 is 0.392 bits per heavy atom. The van der Waals surface area contributed by atoms with Gasteiger partial charge in [-0.05, 0) is 134 Å². The molecule has 0 spiro atoms. The van der Waals surface area contributed by atoms with Gasteiger partial charge in [-0.2, -0.15) is 0 Å². The highest BCUT2D eigenvalue weighted by Crippen LogP contribution is 2.38. The number of hydrogen-bond acceptors (Lipinski definition) is 4. The highest BCUT2D eigenvalue weighted by molar-refractivity contribution is 5.51. The normalized spacial score (nSPS) is 10.6. The van der Waals surface area contributed by atoms with Crippen molar-refractivity contribution < 1.29 is 20.4 Å². The minimum atomic E-state index is -0.188. The lowest BCUT2D eigenvalue weighted by Crippen LogP contribution is -2.19. The Balaban J connectivity index is 0.000000716. The lowest BCUT2D eigenvalue weighted by atomic mass is 9.76. The Kier molecular flexibility index (Phi) is 19.8. The summed E-state index contributed by atoms with van der Waals surface area (Å²) < 4.78 is 0. The molecule has 4 N–H and O–H groups in total. The summed E-state index contributed by atoms with van der Waals surface area (Å²) in [5.41, 5.74) is 12.2. The molecule has 4 nitrogen and oxygen atoms in total. The Hall–Kier alpha value is -3.92. The van der Waals surface area contributed by atoms with E-state index in [0.717, 1.165) is 44.5 Å². The van der Waals surface area contributed by atoms with Gasteiger partial charge >= 0.3 is 0 Å². The topological polar surface area (TPSA) is 80.9 Å². The molecule has 0 heterocycles. The quantitative estimate of drug-likeness (QED) is 0.171. The molecule has 0 atom stereocenters. The number of rotatable bonds is 4. The zero-order valence-corrected chi connectivity index (χ0v) is 35.5. The summed E-state index contributed by atoms with van der Waals surface area (Å²) in [7, 11) is 0. The highest BCUT2D eigenvalue weighted by atomic mass is 16.3. The lowest BCUT2D eigenvalue weighted by Gasteiger charge is -2.28. The third kappa shape index (κ3) is 14.0. The lowest BCUT2D eigenvalue weighted by molar-refractivity contribution is 0.464. The first-order valence-electron chi connectivity index (χ1n) is 18.7. The van der Waals surface area contributed by atoms with Gasteiger partial charge in [0.1, 0.15) is 23.0 Å².